The molecule has 1 aromatic heterocycles. The molecule has 8 heteroatoms. The standard InChI is InChI=1S/C21H22N4O4/c1-14(29-17-5-3-16(26)4-6-17)20(27)24-8-10-25(11-9-24)21(28)15-2-7-18-19(12-15)23-13-22-18/h2-7,12-14,26H,8-11H2,1H3,(H,22,23). The van der Waals surface area contributed by atoms with Gasteiger partial charge < -0.3 is 24.6 Å². The van der Waals surface area contributed by atoms with Crippen molar-refractivity contribution >= 4 is 22.8 Å². The molecule has 2 N–H and O–H groups in total. The summed E-state index contributed by atoms with van der Waals surface area (Å²) in [6, 6.07) is 11.7. The summed E-state index contributed by atoms with van der Waals surface area (Å²) >= 11 is 0. The maximum atomic E-state index is 12.8. The van der Waals surface area contributed by atoms with Gasteiger partial charge in [-0.25, -0.2) is 4.98 Å². The molecule has 3 aromatic rings. The molecular weight excluding hydrogens is 372 g/mol. The third-order valence-corrected chi connectivity index (χ3v) is 5.04. The second kappa shape index (κ2) is 7.83. The minimum absolute atomic E-state index is 0.0537. The van der Waals surface area contributed by atoms with Crippen molar-refractivity contribution in [3.63, 3.8) is 0 Å². The predicted molar refractivity (Wildman–Crippen MR) is 107 cm³/mol. The minimum atomic E-state index is -0.649. The number of ether oxygens (including phenoxy) is 1. The molecule has 2 aromatic carbocycles. The van der Waals surface area contributed by atoms with Gasteiger partial charge in [-0.3, -0.25) is 9.59 Å². The molecule has 1 saturated heterocycles. The Hall–Kier alpha value is -3.55. The molecule has 1 unspecified atom stereocenters. The number of amides is 2. The summed E-state index contributed by atoms with van der Waals surface area (Å²) in [5.74, 6) is 0.488. The van der Waals surface area contributed by atoms with Crippen molar-refractivity contribution in [2.24, 2.45) is 0 Å². The van der Waals surface area contributed by atoms with Crippen LogP contribution in [-0.4, -0.2) is 69.0 Å². The van der Waals surface area contributed by atoms with Crippen molar-refractivity contribution in [3.05, 3.63) is 54.4 Å². The number of hydrogen-bond donors (Lipinski definition) is 2. The van der Waals surface area contributed by atoms with Crippen LogP contribution in [0, 0.1) is 0 Å². The van der Waals surface area contributed by atoms with Gasteiger partial charge in [-0.1, -0.05) is 0 Å². The largest absolute Gasteiger partial charge is 0.508 e. The van der Waals surface area contributed by atoms with E-state index < -0.39 is 6.10 Å². The number of aromatic amines is 1. The van der Waals surface area contributed by atoms with E-state index in [9.17, 15) is 14.7 Å². The van der Waals surface area contributed by atoms with Crippen molar-refractivity contribution in [1.82, 2.24) is 19.8 Å². The number of aromatic hydroxyl groups is 1. The SMILES string of the molecule is CC(Oc1ccc(O)cc1)C(=O)N1CCN(C(=O)c2ccc3nc[nH]c3c2)CC1. The van der Waals surface area contributed by atoms with Gasteiger partial charge in [-0.05, 0) is 49.4 Å². The second-order valence-corrected chi connectivity index (χ2v) is 7.01. The van der Waals surface area contributed by atoms with Crippen molar-refractivity contribution in [2.45, 2.75) is 13.0 Å². The molecule has 4 rings (SSSR count). The number of phenolic OH excluding ortho intramolecular Hbond substituents is 1. The Kier molecular flexibility index (Phi) is 5.07. The topological polar surface area (TPSA) is 98.8 Å². The zero-order chi connectivity index (χ0) is 20.4. The van der Waals surface area contributed by atoms with Gasteiger partial charge in [0.25, 0.3) is 11.8 Å². The molecule has 2 heterocycles. The normalized spacial score (nSPS) is 15.3. The van der Waals surface area contributed by atoms with E-state index in [1.54, 1.807) is 47.3 Å². The molecule has 1 fully saturated rings. The fourth-order valence-corrected chi connectivity index (χ4v) is 3.42. The molecule has 1 aliphatic heterocycles. The zero-order valence-corrected chi connectivity index (χ0v) is 16.0. The van der Waals surface area contributed by atoms with Crippen LogP contribution in [0.1, 0.15) is 17.3 Å². The van der Waals surface area contributed by atoms with Crippen LogP contribution in [0.15, 0.2) is 48.8 Å². The van der Waals surface area contributed by atoms with E-state index in [4.69, 9.17) is 4.74 Å². The highest BCUT2D eigenvalue weighted by atomic mass is 16.5. The van der Waals surface area contributed by atoms with Crippen LogP contribution in [0.4, 0.5) is 0 Å². The average Bonchev–Trinajstić information content (AvgIpc) is 3.22. The maximum Gasteiger partial charge on any atom is 0.263 e. The number of phenols is 1. The van der Waals surface area contributed by atoms with Crippen molar-refractivity contribution in [3.8, 4) is 11.5 Å². The fraction of sp³-hybridized carbons (Fsp3) is 0.286. The highest BCUT2D eigenvalue weighted by Gasteiger charge is 2.28. The first kappa shape index (κ1) is 18.8. The number of H-pyrrole nitrogens is 1. The van der Waals surface area contributed by atoms with E-state index in [0.717, 1.165) is 11.0 Å². The van der Waals surface area contributed by atoms with Crippen molar-refractivity contribution in [1.29, 1.82) is 0 Å². The monoisotopic (exact) mass is 394 g/mol. The van der Waals surface area contributed by atoms with Gasteiger partial charge in [-0.15, -0.1) is 0 Å². The number of aromatic nitrogens is 2. The van der Waals surface area contributed by atoms with E-state index in [1.165, 1.54) is 12.1 Å². The Labute approximate surface area is 167 Å². The number of carbonyl (C=O) groups excluding carboxylic acids is 2. The summed E-state index contributed by atoms with van der Waals surface area (Å²) in [4.78, 5) is 36.1. The maximum absolute atomic E-state index is 12.8. The van der Waals surface area contributed by atoms with Crippen LogP contribution in [-0.2, 0) is 4.79 Å². The number of hydrogen-bond acceptors (Lipinski definition) is 5. The van der Waals surface area contributed by atoms with E-state index in [1.807, 2.05) is 6.07 Å². The molecule has 8 nitrogen and oxygen atoms in total. The lowest BCUT2D eigenvalue weighted by Gasteiger charge is -2.36. The van der Waals surface area contributed by atoms with E-state index in [2.05, 4.69) is 9.97 Å². The third kappa shape index (κ3) is 4.01. The lowest BCUT2D eigenvalue weighted by atomic mass is 10.1. The molecule has 150 valence electrons. The molecule has 0 spiro atoms. The molecule has 2 amide bonds. The Morgan fingerprint density at radius 2 is 1.76 bits per heavy atom. The van der Waals surface area contributed by atoms with Crippen LogP contribution < -0.4 is 4.74 Å². The number of nitrogens with one attached hydrogen (secondary N) is 1. The number of nitrogens with zero attached hydrogens (tertiary/aromatic N) is 3. The van der Waals surface area contributed by atoms with Crippen LogP contribution >= 0.6 is 0 Å². The Bertz CT molecular complexity index is 1020. The van der Waals surface area contributed by atoms with Crippen molar-refractivity contribution < 1.29 is 19.4 Å². The molecule has 0 saturated carbocycles. The fourth-order valence-electron chi connectivity index (χ4n) is 3.42. The number of fused-ring (bicyclic) bond motifs is 1. The molecule has 0 aliphatic carbocycles. The Morgan fingerprint density at radius 1 is 1.07 bits per heavy atom. The zero-order valence-electron chi connectivity index (χ0n) is 16.0. The molecule has 1 aliphatic rings. The summed E-state index contributed by atoms with van der Waals surface area (Å²) in [5, 5.41) is 9.33. The first-order chi connectivity index (χ1) is 14.0. The predicted octanol–water partition coefficient (Wildman–Crippen LogP) is 2.02. The summed E-state index contributed by atoms with van der Waals surface area (Å²) in [6.45, 7) is 3.56. The van der Waals surface area contributed by atoms with Gasteiger partial charge in [0, 0.05) is 31.7 Å². The third-order valence-electron chi connectivity index (χ3n) is 5.04. The number of imidazole rings is 1. The lowest BCUT2D eigenvalue weighted by molar-refractivity contribution is -0.139. The first-order valence-corrected chi connectivity index (χ1v) is 9.48. The molecular formula is C21H22N4O4. The second-order valence-electron chi connectivity index (χ2n) is 7.01. The van der Waals surface area contributed by atoms with Gasteiger partial charge in [0.1, 0.15) is 11.5 Å². The van der Waals surface area contributed by atoms with Crippen LogP contribution in [0.25, 0.3) is 11.0 Å². The average molecular weight is 394 g/mol. The number of benzene rings is 2. The number of piperazine rings is 1. The van der Waals surface area contributed by atoms with Crippen LogP contribution in [0.3, 0.4) is 0 Å². The van der Waals surface area contributed by atoms with E-state index in [-0.39, 0.29) is 17.6 Å². The van der Waals surface area contributed by atoms with Crippen LogP contribution in [0.2, 0.25) is 0 Å². The van der Waals surface area contributed by atoms with E-state index in [0.29, 0.717) is 37.5 Å². The number of rotatable bonds is 4. The Morgan fingerprint density at radius 3 is 2.48 bits per heavy atom. The first-order valence-electron chi connectivity index (χ1n) is 9.48. The van der Waals surface area contributed by atoms with Gasteiger partial charge >= 0.3 is 0 Å². The number of carbonyl (C=O) groups is 2. The quantitative estimate of drug-likeness (QED) is 0.705. The summed E-state index contributed by atoms with van der Waals surface area (Å²) in [6.07, 6.45) is 0.953. The van der Waals surface area contributed by atoms with E-state index >= 15 is 0 Å². The highest BCUT2D eigenvalue weighted by Crippen LogP contribution is 2.19. The van der Waals surface area contributed by atoms with Crippen molar-refractivity contribution in [2.75, 3.05) is 26.2 Å². The summed E-state index contributed by atoms with van der Waals surface area (Å²) in [7, 11) is 0. The van der Waals surface area contributed by atoms with Gasteiger partial charge in [0.05, 0.1) is 17.4 Å². The lowest BCUT2D eigenvalue weighted by Crippen LogP contribution is -2.53. The summed E-state index contributed by atoms with van der Waals surface area (Å²) < 4.78 is 5.67. The van der Waals surface area contributed by atoms with Crippen LogP contribution in [0.5, 0.6) is 11.5 Å². The molecule has 1 atom stereocenters. The highest BCUT2D eigenvalue weighted by molar-refractivity contribution is 5.97. The molecule has 0 bridgehead atoms. The molecule has 0 radical (unpaired) electrons. The van der Waals surface area contributed by atoms with Gasteiger partial charge in [0.15, 0.2) is 6.10 Å². The smallest absolute Gasteiger partial charge is 0.263 e. The summed E-state index contributed by atoms with van der Waals surface area (Å²) in [5.41, 5.74) is 2.25. The Balaban J connectivity index is 1.33. The van der Waals surface area contributed by atoms with Gasteiger partial charge in [0.2, 0.25) is 0 Å². The minimum Gasteiger partial charge on any atom is -0.508 e. The molecule has 29 heavy (non-hydrogen) atoms. The van der Waals surface area contributed by atoms with Gasteiger partial charge in [-0.2, -0.15) is 0 Å².